The molecule has 96 valence electrons. The van der Waals surface area contributed by atoms with Crippen LogP contribution in [0.15, 0.2) is 22.8 Å². The molecule has 0 saturated carbocycles. The van der Waals surface area contributed by atoms with E-state index >= 15 is 0 Å². The van der Waals surface area contributed by atoms with E-state index in [0.29, 0.717) is 6.10 Å². The maximum absolute atomic E-state index is 5.58. The van der Waals surface area contributed by atoms with Crippen LogP contribution in [0.1, 0.15) is 25.0 Å². The van der Waals surface area contributed by atoms with Crippen molar-refractivity contribution in [3.63, 3.8) is 0 Å². The third kappa shape index (κ3) is 4.89. The summed E-state index contributed by atoms with van der Waals surface area (Å²) in [5.74, 6) is 0.959. The van der Waals surface area contributed by atoms with Crippen molar-refractivity contribution in [2.75, 3.05) is 26.4 Å². The minimum Gasteiger partial charge on any atom is -0.468 e. The van der Waals surface area contributed by atoms with Crippen LogP contribution in [-0.4, -0.2) is 32.5 Å². The van der Waals surface area contributed by atoms with Crippen LogP contribution < -0.4 is 5.32 Å². The lowest BCUT2D eigenvalue weighted by Crippen LogP contribution is -2.26. The van der Waals surface area contributed by atoms with Crippen LogP contribution >= 0.6 is 0 Å². The van der Waals surface area contributed by atoms with Gasteiger partial charge in [0.05, 0.1) is 32.1 Å². The van der Waals surface area contributed by atoms with Crippen molar-refractivity contribution in [1.82, 2.24) is 5.32 Å². The number of furan rings is 1. The highest BCUT2D eigenvalue weighted by Crippen LogP contribution is 2.12. The Hall–Kier alpha value is -0.840. The summed E-state index contributed by atoms with van der Waals surface area (Å²) in [6.07, 6.45) is 5.61. The highest BCUT2D eigenvalue weighted by atomic mass is 16.5. The number of nitrogens with one attached hydrogen (secondary N) is 1. The minimum absolute atomic E-state index is 0.314. The van der Waals surface area contributed by atoms with Crippen LogP contribution in [0, 0.1) is 0 Å². The molecule has 0 bridgehead atoms. The molecule has 0 radical (unpaired) electrons. The monoisotopic (exact) mass is 239 g/mol. The lowest BCUT2D eigenvalue weighted by Gasteiger charge is -2.22. The summed E-state index contributed by atoms with van der Waals surface area (Å²) in [5.41, 5.74) is 0. The summed E-state index contributed by atoms with van der Waals surface area (Å²) in [6.45, 7) is 3.94. The van der Waals surface area contributed by atoms with Gasteiger partial charge in [-0.15, -0.1) is 0 Å². The van der Waals surface area contributed by atoms with Gasteiger partial charge in [0.1, 0.15) is 5.76 Å². The predicted molar refractivity (Wildman–Crippen MR) is 64.8 cm³/mol. The van der Waals surface area contributed by atoms with E-state index < -0.39 is 0 Å². The molecule has 1 fully saturated rings. The Morgan fingerprint density at radius 2 is 2.41 bits per heavy atom. The van der Waals surface area contributed by atoms with Gasteiger partial charge in [0.15, 0.2) is 0 Å². The van der Waals surface area contributed by atoms with Crippen LogP contribution in [0.25, 0.3) is 0 Å². The molecule has 0 aromatic carbocycles. The summed E-state index contributed by atoms with van der Waals surface area (Å²) in [4.78, 5) is 0. The standard InChI is InChI=1S/C13H21NO3/c1-2-7-17-13(4-1)11-15-9-6-14-10-12-5-3-8-16-12/h3,5,8,13-14H,1-2,4,6-7,9-11H2. The van der Waals surface area contributed by atoms with Crippen LogP contribution in [0.4, 0.5) is 0 Å². The summed E-state index contributed by atoms with van der Waals surface area (Å²) in [7, 11) is 0. The van der Waals surface area contributed by atoms with E-state index in [1.807, 2.05) is 12.1 Å². The van der Waals surface area contributed by atoms with Crippen LogP contribution in [0.5, 0.6) is 0 Å². The van der Waals surface area contributed by atoms with E-state index in [4.69, 9.17) is 13.9 Å². The highest BCUT2D eigenvalue weighted by Gasteiger charge is 2.13. The number of ether oxygens (including phenoxy) is 2. The van der Waals surface area contributed by atoms with Gasteiger partial charge in [-0.1, -0.05) is 0 Å². The maximum atomic E-state index is 5.58. The Labute approximate surface area is 102 Å². The lowest BCUT2D eigenvalue weighted by atomic mass is 10.1. The van der Waals surface area contributed by atoms with Crippen molar-refractivity contribution in [3.8, 4) is 0 Å². The summed E-state index contributed by atoms with van der Waals surface area (Å²) < 4.78 is 16.4. The molecule has 1 aromatic heterocycles. The van der Waals surface area contributed by atoms with Crippen LogP contribution in [0.2, 0.25) is 0 Å². The molecule has 4 nitrogen and oxygen atoms in total. The molecule has 4 heteroatoms. The Bertz CT molecular complexity index is 281. The first-order chi connectivity index (χ1) is 8.45. The minimum atomic E-state index is 0.314. The summed E-state index contributed by atoms with van der Waals surface area (Å²) >= 11 is 0. The molecule has 1 unspecified atom stereocenters. The molecule has 0 aliphatic carbocycles. The van der Waals surface area contributed by atoms with Crippen molar-refractivity contribution in [2.24, 2.45) is 0 Å². The van der Waals surface area contributed by atoms with E-state index in [1.54, 1.807) is 6.26 Å². The molecule has 17 heavy (non-hydrogen) atoms. The fourth-order valence-corrected chi connectivity index (χ4v) is 1.92. The Morgan fingerprint density at radius 1 is 1.41 bits per heavy atom. The van der Waals surface area contributed by atoms with Gasteiger partial charge in [0, 0.05) is 13.2 Å². The normalized spacial score (nSPS) is 20.6. The first-order valence-corrected chi connectivity index (χ1v) is 6.37. The fourth-order valence-electron chi connectivity index (χ4n) is 1.92. The largest absolute Gasteiger partial charge is 0.468 e. The molecule has 2 rings (SSSR count). The van der Waals surface area contributed by atoms with Crippen molar-refractivity contribution in [3.05, 3.63) is 24.2 Å². The quantitative estimate of drug-likeness (QED) is 0.739. The van der Waals surface area contributed by atoms with E-state index in [-0.39, 0.29) is 0 Å². The van der Waals surface area contributed by atoms with Gasteiger partial charge in [-0.3, -0.25) is 0 Å². The average molecular weight is 239 g/mol. The first kappa shape index (κ1) is 12.6. The third-order valence-corrected chi connectivity index (χ3v) is 2.88. The Balaban J connectivity index is 1.43. The van der Waals surface area contributed by atoms with E-state index in [0.717, 1.165) is 45.1 Å². The summed E-state index contributed by atoms with van der Waals surface area (Å²) in [5, 5.41) is 3.27. The molecule has 1 atom stereocenters. The van der Waals surface area contributed by atoms with Crippen molar-refractivity contribution in [1.29, 1.82) is 0 Å². The van der Waals surface area contributed by atoms with Gasteiger partial charge >= 0.3 is 0 Å². The highest BCUT2D eigenvalue weighted by molar-refractivity contribution is 4.97. The number of rotatable bonds is 7. The smallest absolute Gasteiger partial charge is 0.117 e. The average Bonchev–Trinajstić information content (AvgIpc) is 2.88. The molecular weight excluding hydrogens is 218 g/mol. The maximum Gasteiger partial charge on any atom is 0.117 e. The molecule has 1 saturated heterocycles. The second kappa shape index (κ2) is 7.48. The van der Waals surface area contributed by atoms with Gasteiger partial charge in [0.25, 0.3) is 0 Å². The molecule has 0 spiro atoms. The molecule has 1 aliphatic rings. The predicted octanol–water partition coefficient (Wildman–Crippen LogP) is 1.95. The van der Waals surface area contributed by atoms with Crippen molar-refractivity contribution >= 4 is 0 Å². The van der Waals surface area contributed by atoms with Gasteiger partial charge in [-0.2, -0.15) is 0 Å². The van der Waals surface area contributed by atoms with Crippen molar-refractivity contribution < 1.29 is 13.9 Å². The lowest BCUT2D eigenvalue weighted by molar-refractivity contribution is -0.0399. The zero-order chi connectivity index (χ0) is 11.8. The molecule has 1 aliphatic heterocycles. The second-order valence-electron chi connectivity index (χ2n) is 4.32. The fraction of sp³-hybridized carbons (Fsp3) is 0.692. The SMILES string of the molecule is c1coc(CNCCOCC2CCCCO2)c1. The topological polar surface area (TPSA) is 43.6 Å². The van der Waals surface area contributed by atoms with Crippen LogP contribution in [0.3, 0.4) is 0 Å². The molecule has 0 amide bonds. The molecule has 1 aromatic rings. The summed E-state index contributed by atoms with van der Waals surface area (Å²) in [6, 6.07) is 3.86. The molecule has 1 N–H and O–H groups in total. The van der Waals surface area contributed by atoms with E-state index in [2.05, 4.69) is 5.32 Å². The van der Waals surface area contributed by atoms with Gasteiger partial charge in [0.2, 0.25) is 0 Å². The number of hydrogen-bond acceptors (Lipinski definition) is 4. The molecule has 2 heterocycles. The van der Waals surface area contributed by atoms with Crippen LogP contribution in [-0.2, 0) is 16.0 Å². The molecular formula is C13H21NO3. The zero-order valence-corrected chi connectivity index (χ0v) is 10.2. The van der Waals surface area contributed by atoms with Gasteiger partial charge in [-0.25, -0.2) is 0 Å². The van der Waals surface area contributed by atoms with E-state index in [1.165, 1.54) is 12.8 Å². The number of hydrogen-bond donors (Lipinski definition) is 1. The second-order valence-corrected chi connectivity index (χ2v) is 4.32. The van der Waals surface area contributed by atoms with Gasteiger partial charge < -0.3 is 19.2 Å². The Kier molecular flexibility index (Phi) is 5.55. The van der Waals surface area contributed by atoms with E-state index in [9.17, 15) is 0 Å². The zero-order valence-electron chi connectivity index (χ0n) is 10.2. The van der Waals surface area contributed by atoms with Crippen molar-refractivity contribution in [2.45, 2.75) is 31.9 Å². The first-order valence-electron chi connectivity index (χ1n) is 6.37. The Morgan fingerprint density at radius 3 is 3.18 bits per heavy atom. The van der Waals surface area contributed by atoms with Gasteiger partial charge in [-0.05, 0) is 31.4 Å². The third-order valence-electron chi connectivity index (χ3n) is 2.88.